The lowest BCUT2D eigenvalue weighted by Crippen LogP contribution is -2.48. The van der Waals surface area contributed by atoms with Gasteiger partial charge in [-0.3, -0.25) is 4.79 Å². The van der Waals surface area contributed by atoms with Gasteiger partial charge in [0.25, 0.3) is 5.91 Å². The third kappa shape index (κ3) is 10.3. The number of halogens is 1. The summed E-state index contributed by atoms with van der Waals surface area (Å²) in [5, 5.41) is 16.1. The van der Waals surface area contributed by atoms with Crippen molar-refractivity contribution in [3.05, 3.63) is 53.1 Å². The van der Waals surface area contributed by atoms with E-state index in [0.29, 0.717) is 29.5 Å². The van der Waals surface area contributed by atoms with Gasteiger partial charge in [-0.25, -0.2) is 13.2 Å². The van der Waals surface area contributed by atoms with Crippen molar-refractivity contribution in [3.8, 4) is 5.75 Å². The van der Waals surface area contributed by atoms with E-state index in [1.165, 1.54) is 35.6 Å². The number of hydrogen-bond donors (Lipinski definition) is 3. The van der Waals surface area contributed by atoms with E-state index in [-0.39, 0.29) is 48.2 Å². The molecule has 0 saturated carbocycles. The summed E-state index contributed by atoms with van der Waals surface area (Å²) in [7, 11) is -2.33. The summed E-state index contributed by atoms with van der Waals surface area (Å²) in [5.41, 5.74) is 0.658. The van der Waals surface area contributed by atoms with E-state index < -0.39 is 34.1 Å². The van der Waals surface area contributed by atoms with E-state index in [2.05, 4.69) is 10.6 Å². The molecule has 4 atom stereocenters. The van der Waals surface area contributed by atoms with Crippen molar-refractivity contribution < 1.29 is 32.6 Å². The van der Waals surface area contributed by atoms with Gasteiger partial charge in [-0.2, -0.15) is 4.31 Å². The fourth-order valence-electron chi connectivity index (χ4n) is 5.03. The van der Waals surface area contributed by atoms with Gasteiger partial charge in [-0.05, 0) is 89.4 Å². The largest absolute Gasteiger partial charge is 0.490 e. The van der Waals surface area contributed by atoms with Crippen molar-refractivity contribution in [2.24, 2.45) is 5.92 Å². The Morgan fingerprint density at radius 2 is 1.82 bits per heavy atom. The monoisotopic (exact) mass is 666 g/mol. The van der Waals surface area contributed by atoms with Crippen LogP contribution < -0.4 is 15.4 Å². The van der Waals surface area contributed by atoms with Crippen LogP contribution in [0.3, 0.4) is 0 Å². The second-order valence-electron chi connectivity index (χ2n) is 12.0. The van der Waals surface area contributed by atoms with Gasteiger partial charge < -0.3 is 30.1 Å². The Hall–Kier alpha value is -2.90. The number of carbonyl (C=O) groups excluding carboxylic acids is 2. The van der Waals surface area contributed by atoms with Gasteiger partial charge in [0.05, 0.1) is 35.3 Å². The fraction of sp³-hybridized carbons (Fsp3) is 0.562. The van der Waals surface area contributed by atoms with Crippen molar-refractivity contribution in [1.82, 2.24) is 14.5 Å². The summed E-state index contributed by atoms with van der Waals surface area (Å²) in [6.45, 7) is 9.59. The van der Waals surface area contributed by atoms with Gasteiger partial charge in [-0.15, -0.1) is 0 Å². The average molecular weight is 667 g/mol. The SMILES string of the molecule is CC(C)NC(=O)Nc1ccc2c(c1)C(=O)N([C@H](C)CO)C[C@@H](C)[C@@H](CN(C)S(=O)(=O)c1ccc(Cl)cc1)OCCCC[C@@H](C)O2. The van der Waals surface area contributed by atoms with Crippen molar-refractivity contribution in [3.63, 3.8) is 0 Å². The highest BCUT2D eigenvalue weighted by molar-refractivity contribution is 7.89. The summed E-state index contributed by atoms with van der Waals surface area (Å²) < 4.78 is 40.5. The first-order chi connectivity index (χ1) is 21.2. The lowest BCUT2D eigenvalue weighted by atomic mass is 10.0. The van der Waals surface area contributed by atoms with Crippen molar-refractivity contribution >= 4 is 39.2 Å². The van der Waals surface area contributed by atoms with Crippen molar-refractivity contribution in [1.29, 1.82) is 0 Å². The molecular weight excluding hydrogens is 620 g/mol. The maximum Gasteiger partial charge on any atom is 0.319 e. The number of aliphatic hydroxyl groups is 1. The van der Waals surface area contributed by atoms with Crippen molar-refractivity contribution in [2.75, 3.05) is 38.7 Å². The first-order valence-corrected chi connectivity index (χ1v) is 17.2. The Morgan fingerprint density at radius 3 is 2.47 bits per heavy atom. The van der Waals surface area contributed by atoms with E-state index >= 15 is 0 Å². The molecule has 0 saturated heterocycles. The number of hydrogen-bond acceptors (Lipinski definition) is 7. The number of nitrogens with zero attached hydrogens (tertiary/aromatic N) is 2. The van der Waals surface area contributed by atoms with E-state index in [9.17, 15) is 23.1 Å². The van der Waals surface area contributed by atoms with Gasteiger partial charge in [0.15, 0.2) is 0 Å². The normalized spacial score (nSPS) is 21.1. The van der Waals surface area contributed by atoms with E-state index in [1.807, 2.05) is 27.7 Å². The first-order valence-electron chi connectivity index (χ1n) is 15.4. The number of amides is 3. The number of carbonyl (C=O) groups is 2. The molecule has 0 aromatic heterocycles. The molecule has 45 heavy (non-hydrogen) atoms. The van der Waals surface area contributed by atoms with Crippen LogP contribution in [0, 0.1) is 5.92 Å². The zero-order valence-electron chi connectivity index (χ0n) is 27.0. The molecular formula is C32H47ClN4O7S. The summed E-state index contributed by atoms with van der Waals surface area (Å²) in [6, 6.07) is 9.88. The van der Waals surface area contributed by atoms with E-state index in [1.54, 1.807) is 30.0 Å². The van der Waals surface area contributed by atoms with Crippen LogP contribution >= 0.6 is 11.6 Å². The highest BCUT2D eigenvalue weighted by Gasteiger charge is 2.32. The number of aliphatic hydroxyl groups excluding tert-OH is 1. The van der Waals surface area contributed by atoms with Gasteiger partial charge in [-0.1, -0.05) is 18.5 Å². The molecule has 0 unspecified atom stereocenters. The number of ether oxygens (including phenoxy) is 2. The molecule has 0 aliphatic carbocycles. The number of fused-ring (bicyclic) bond motifs is 1. The molecule has 2 aromatic rings. The number of benzene rings is 2. The van der Waals surface area contributed by atoms with Gasteiger partial charge >= 0.3 is 6.03 Å². The second kappa shape index (κ2) is 16.6. The molecule has 250 valence electrons. The van der Waals surface area contributed by atoms with E-state index in [4.69, 9.17) is 21.1 Å². The molecule has 3 N–H and O–H groups in total. The van der Waals surface area contributed by atoms with Crippen molar-refractivity contribution in [2.45, 2.75) is 83.1 Å². The fourth-order valence-corrected chi connectivity index (χ4v) is 6.34. The smallest absolute Gasteiger partial charge is 0.319 e. The number of urea groups is 1. The summed E-state index contributed by atoms with van der Waals surface area (Å²) in [5.74, 6) is -0.338. The predicted octanol–water partition coefficient (Wildman–Crippen LogP) is 4.99. The zero-order chi connectivity index (χ0) is 33.3. The standard InChI is InChI=1S/C32H47ClN4O7S/c1-21(2)34-32(40)35-26-12-15-29-28(17-26)31(39)37(23(4)20-38)18-22(3)30(43-16-8-7-9-24(5)44-29)19-36(6)45(41,42)27-13-10-25(33)11-14-27/h10-15,17,21-24,30,38H,7-9,16,18-20H2,1-6H3,(H2,34,35,40)/t22-,23-,24-,30-/m1/s1. The molecule has 3 rings (SSSR count). The molecule has 1 heterocycles. The highest BCUT2D eigenvalue weighted by Crippen LogP contribution is 2.29. The van der Waals surface area contributed by atoms with Gasteiger partial charge in [0.2, 0.25) is 10.0 Å². The summed E-state index contributed by atoms with van der Waals surface area (Å²) in [4.78, 5) is 28.3. The molecule has 1 aliphatic rings. The van der Waals surface area contributed by atoms with Gasteiger partial charge in [0.1, 0.15) is 5.75 Å². The van der Waals surface area contributed by atoms with Crippen LogP contribution in [0.5, 0.6) is 5.75 Å². The number of rotatable bonds is 8. The van der Waals surface area contributed by atoms with Crippen LogP contribution in [-0.4, -0.2) is 92.3 Å². The van der Waals surface area contributed by atoms with Crippen LogP contribution in [0.4, 0.5) is 10.5 Å². The third-order valence-corrected chi connectivity index (χ3v) is 9.78. The Balaban J connectivity index is 1.96. The zero-order valence-corrected chi connectivity index (χ0v) is 28.5. The average Bonchev–Trinajstić information content (AvgIpc) is 2.98. The van der Waals surface area contributed by atoms with Crippen LogP contribution in [0.25, 0.3) is 0 Å². The number of anilines is 1. The minimum absolute atomic E-state index is 0.0524. The number of likely N-dealkylation sites (N-methyl/N-ethyl adjacent to an activating group) is 1. The molecule has 11 nitrogen and oxygen atoms in total. The maximum atomic E-state index is 14.2. The first kappa shape index (κ1) is 36.6. The Bertz CT molecular complexity index is 1390. The topological polar surface area (TPSA) is 138 Å². The summed E-state index contributed by atoms with van der Waals surface area (Å²) >= 11 is 5.97. The lowest BCUT2D eigenvalue weighted by Gasteiger charge is -2.35. The van der Waals surface area contributed by atoms with Crippen LogP contribution in [-0.2, 0) is 14.8 Å². The Labute approximate surface area is 272 Å². The highest BCUT2D eigenvalue weighted by atomic mass is 35.5. The molecule has 0 spiro atoms. The van der Waals surface area contributed by atoms with Gasteiger partial charge in [0, 0.05) is 49.4 Å². The number of nitrogens with one attached hydrogen (secondary N) is 2. The molecule has 0 radical (unpaired) electrons. The third-order valence-electron chi connectivity index (χ3n) is 7.69. The Kier molecular flexibility index (Phi) is 13.5. The molecule has 2 aromatic carbocycles. The molecule has 0 bridgehead atoms. The van der Waals surface area contributed by atoms with Crippen LogP contribution in [0.2, 0.25) is 5.02 Å². The van der Waals surface area contributed by atoms with Crippen LogP contribution in [0.1, 0.15) is 64.2 Å². The molecule has 1 aliphatic heterocycles. The minimum Gasteiger partial charge on any atom is -0.490 e. The predicted molar refractivity (Wildman–Crippen MR) is 175 cm³/mol. The summed E-state index contributed by atoms with van der Waals surface area (Å²) in [6.07, 6.45) is 1.47. The lowest BCUT2D eigenvalue weighted by molar-refractivity contribution is -0.00833. The number of sulfonamides is 1. The van der Waals surface area contributed by atoms with Crippen LogP contribution in [0.15, 0.2) is 47.4 Å². The molecule has 0 fully saturated rings. The maximum absolute atomic E-state index is 14.2. The second-order valence-corrected chi connectivity index (χ2v) is 14.5. The molecule has 13 heteroatoms. The molecule has 3 amide bonds. The quantitative estimate of drug-likeness (QED) is 0.361. The Morgan fingerprint density at radius 1 is 1.13 bits per heavy atom. The minimum atomic E-state index is -3.84. The van der Waals surface area contributed by atoms with E-state index in [0.717, 1.165) is 12.8 Å².